The first-order valence-electron chi connectivity index (χ1n) is 9.69. The fraction of sp³-hybridized carbons (Fsp3) is 0.0455. The minimum absolute atomic E-state index is 0.272. The van der Waals surface area contributed by atoms with Crippen LogP contribution in [0.2, 0.25) is 0 Å². The molecule has 0 aliphatic heterocycles. The van der Waals surface area contributed by atoms with Gasteiger partial charge in [-0.25, -0.2) is 17.9 Å². The number of hydrogen-bond donors (Lipinski definition) is 1. The molecule has 11 nitrogen and oxygen atoms in total. The number of nitro benzene ring substituents is 2. The monoisotopic (exact) mass is 481 g/mol. The van der Waals surface area contributed by atoms with Crippen LogP contribution in [-0.4, -0.2) is 24.4 Å². The summed E-state index contributed by atoms with van der Waals surface area (Å²) in [5.41, 5.74) is -1.06. The van der Waals surface area contributed by atoms with E-state index in [2.05, 4.69) is 0 Å². The third-order valence-electron chi connectivity index (χ3n) is 5.09. The van der Waals surface area contributed by atoms with Gasteiger partial charge < -0.3 is 4.74 Å². The largest absolute Gasteiger partial charge is 0.444 e. The molecule has 0 bridgehead atoms. The van der Waals surface area contributed by atoms with Crippen molar-refractivity contribution in [2.75, 3.05) is 0 Å². The van der Waals surface area contributed by atoms with Gasteiger partial charge in [0, 0.05) is 11.6 Å². The number of nitrogens with one attached hydrogen (secondary N) is 1. The zero-order valence-electron chi connectivity index (χ0n) is 17.2. The maximum absolute atomic E-state index is 12.6. The predicted octanol–water partition coefficient (Wildman–Crippen LogP) is 4.42. The molecule has 172 valence electrons. The summed E-state index contributed by atoms with van der Waals surface area (Å²) in [6.07, 6.45) is -1.36. The summed E-state index contributed by atoms with van der Waals surface area (Å²) in [6, 6.07) is 18.8. The number of amides is 1. The van der Waals surface area contributed by atoms with Gasteiger partial charge in [0.2, 0.25) is 0 Å². The molecule has 0 atom stereocenters. The molecule has 4 aromatic rings. The lowest BCUT2D eigenvalue weighted by molar-refractivity contribution is -0.396. The van der Waals surface area contributed by atoms with E-state index in [1.807, 2.05) is 54.6 Å². The first-order chi connectivity index (χ1) is 16.2. The molecule has 0 saturated heterocycles. The minimum atomic E-state index is -4.76. The molecule has 0 radical (unpaired) electrons. The van der Waals surface area contributed by atoms with Crippen LogP contribution in [0.1, 0.15) is 5.56 Å². The summed E-state index contributed by atoms with van der Waals surface area (Å²) in [4.78, 5) is 31.6. The van der Waals surface area contributed by atoms with Gasteiger partial charge in [-0.05, 0) is 33.7 Å². The smallest absolute Gasteiger partial charge is 0.421 e. The molecule has 0 fully saturated rings. The third-order valence-corrected chi connectivity index (χ3v) is 6.45. The molecule has 4 rings (SSSR count). The molecule has 1 N–H and O–H groups in total. The molecule has 0 unspecified atom stereocenters. The van der Waals surface area contributed by atoms with Crippen LogP contribution in [0.5, 0.6) is 0 Å². The van der Waals surface area contributed by atoms with Crippen LogP contribution in [0.15, 0.2) is 77.7 Å². The van der Waals surface area contributed by atoms with E-state index in [4.69, 9.17) is 4.74 Å². The van der Waals surface area contributed by atoms with Gasteiger partial charge in [-0.15, -0.1) is 0 Å². The Morgan fingerprint density at radius 2 is 1.44 bits per heavy atom. The molecule has 0 heterocycles. The van der Waals surface area contributed by atoms with Crippen molar-refractivity contribution in [1.82, 2.24) is 4.72 Å². The first-order valence-corrected chi connectivity index (χ1v) is 11.2. The molecule has 4 aromatic carbocycles. The topological polar surface area (TPSA) is 159 Å². The second-order valence-electron chi connectivity index (χ2n) is 7.15. The van der Waals surface area contributed by atoms with E-state index >= 15 is 0 Å². The normalized spacial score (nSPS) is 11.3. The van der Waals surface area contributed by atoms with E-state index in [1.54, 1.807) is 4.72 Å². The van der Waals surface area contributed by atoms with Gasteiger partial charge in [0.1, 0.15) is 6.61 Å². The highest BCUT2D eigenvalue weighted by Crippen LogP contribution is 2.30. The molecule has 0 aliphatic rings. The SMILES string of the molecule is O=C(NS(=O)(=O)c1ccc([N+](=O)[O-])cc1[N+](=O)[O-])OCc1c2ccccc2cc2ccccc12. The molecule has 0 saturated carbocycles. The number of hydrogen-bond acceptors (Lipinski definition) is 8. The van der Waals surface area contributed by atoms with Crippen LogP contribution < -0.4 is 4.72 Å². The summed E-state index contributed by atoms with van der Waals surface area (Å²) in [6.45, 7) is -0.272. The zero-order valence-corrected chi connectivity index (χ0v) is 18.0. The van der Waals surface area contributed by atoms with Crippen molar-refractivity contribution in [3.63, 3.8) is 0 Å². The minimum Gasteiger partial charge on any atom is -0.444 e. The first kappa shape index (κ1) is 22.6. The number of sulfonamides is 1. The Hall–Kier alpha value is -4.58. The highest BCUT2D eigenvalue weighted by atomic mass is 32.2. The number of nitrogens with zero attached hydrogens (tertiary/aromatic N) is 2. The van der Waals surface area contributed by atoms with Crippen LogP contribution in [0.4, 0.5) is 16.2 Å². The van der Waals surface area contributed by atoms with Gasteiger partial charge >= 0.3 is 6.09 Å². The van der Waals surface area contributed by atoms with Gasteiger partial charge in [-0.1, -0.05) is 48.5 Å². The number of fused-ring (bicyclic) bond motifs is 2. The summed E-state index contributed by atoms with van der Waals surface area (Å²) < 4.78 is 32.0. The van der Waals surface area contributed by atoms with E-state index < -0.39 is 42.2 Å². The van der Waals surface area contributed by atoms with Crippen LogP contribution >= 0.6 is 0 Å². The van der Waals surface area contributed by atoms with Crippen molar-refractivity contribution in [3.05, 3.63) is 98.6 Å². The maximum atomic E-state index is 12.6. The Balaban J connectivity index is 1.61. The highest BCUT2D eigenvalue weighted by molar-refractivity contribution is 7.90. The standard InChI is InChI=1S/C22H15N3O8S/c26-22(23-34(31,32)21-10-9-16(24(27)28)12-20(21)25(29)30)33-13-19-17-7-3-1-5-14(17)11-15-6-2-4-8-18(15)19/h1-12H,13H2,(H,23,26). The average Bonchev–Trinajstić information content (AvgIpc) is 2.81. The Kier molecular flexibility index (Phi) is 5.82. The van der Waals surface area contributed by atoms with Gasteiger partial charge in [-0.3, -0.25) is 20.2 Å². The Labute approximate surface area is 191 Å². The van der Waals surface area contributed by atoms with Crippen LogP contribution in [0.25, 0.3) is 21.5 Å². The number of carbonyl (C=O) groups is 1. The highest BCUT2D eigenvalue weighted by Gasteiger charge is 2.30. The lowest BCUT2D eigenvalue weighted by Crippen LogP contribution is -2.31. The van der Waals surface area contributed by atoms with Crippen molar-refractivity contribution in [2.45, 2.75) is 11.5 Å². The van der Waals surface area contributed by atoms with Gasteiger partial charge in [-0.2, -0.15) is 0 Å². The fourth-order valence-corrected chi connectivity index (χ4v) is 4.63. The van der Waals surface area contributed by atoms with E-state index in [-0.39, 0.29) is 6.61 Å². The molecule has 0 spiro atoms. The van der Waals surface area contributed by atoms with E-state index in [1.165, 1.54) is 0 Å². The van der Waals surface area contributed by atoms with Gasteiger partial charge in [0.05, 0.1) is 15.9 Å². The van der Waals surface area contributed by atoms with Gasteiger partial charge in [0.25, 0.3) is 21.4 Å². The Morgan fingerprint density at radius 3 is 2.00 bits per heavy atom. The van der Waals surface area contributed by atoms with E-state index in [0.717, 1.165) is 27.6 Å². The number of nitro groups is 2. The van der Waals surface area contributed by atoms with Crippen LogP contribution in [0.3, 0.4) is 0 Å². The summed E-state index contributed by atoms with van der Waals surface area (Å²) in [5.74, 6) is 0. The molecule has 0 aliphatic carbocycles. The second-order valence-corrected chi connectivity index (χ2v) is 8.80. The number of carbonyl (C=O) groups excluding carboxylic acids is 1. The average molecular weight is 481 g/mol. The quantitative estimate of drug-likeness (QED) is 0.241. The molecule has 0 aromatic heterocycles. The van der Waals surface area contributed by atoms with Crippen molar-refractivity contribution in [3.8, 4) is 0 Å². The van der Waals surface area contributed by atoms with Crippen molar-refractivity contribution in [2.24, 2.45) is 0 Å². The third kappa shape index (κ3) is 4.34. The summed E-state index contributed by atoms with van der Waals surface area (Å²) >= 11 is 0. The number of non-ortho nitro benzene ring substituents is 1. The summed E-state index contributed by atoms with van der Waals surface area (Å²) in [5, 5.41) is 25.5. The molecule has 1 amide bonds. The van der Waals surface area contributed by atoms with Gasteiger partial charge in [0.15, 0.2) is 4.90 Å². The van der Waals surface area contributed by atoms with Crippen molar-refractivity contribution < 1.29 is 27.8 Å². The lowest BCUT2D eigenvalue weighted by Gasteiger charge is -2.13. The second kappa shape index (κ2) is 8.75. The number of rotatable bonds is 6. The Morgan fingerprint density at radius 1 is 0.853 bits per heavy atom. The number of benzene rings is 4. The Bertz CT molecular complexity index is 1530. The van der Waals surface area contributed by atoms with E-state index in [0.29, 0.717) is 17.7 Å². The molecular formula is C22H15N3O8S. The zero-order chi connectivity index (χ0) is 24.5. The predicted molar refractivity (Wildman–Crippen MR) is 122 cm³/mol. The fourth-order valence-electron chi connectivity index (χ4n) is 3.58. The summed E-state index contributed by atoms with van der Waals surface area (Å²) in [7, 11) is -4.76. The lowest BCUT2D eigenvalue weighted by atomic mass is 9.97. The van der Waals surface area contributed by atoms with Crippen molar-refractivity contribution >= 4 is 49.0 Å². The molecule has 34 heavy (non-hydrogen) atoms. The molecule has 12 heteroatoms. The number of ether oxygens (including phenoxy) is 1. The van der Waals surface area contributed by atoms with Crippen molar-refractivity contribution in [1.29, 1.82) is 0 Å². The van der Waals surface area contributed by atoms with E-state index in [9.17, 15) is 33.4 Å². The molecular weight excluding hydrogens is 466 g/mol. The maximum Gasteiger partial charge on any atom is 0.421 e. The van der Waals surface area contributed by atoms with Crippen LogP contribution in [0, 0.1) is 20.2 Å². The van der Waals surface area contributed by atoms with Crippen LogP contribution in [-0.2, 0) is 21.4 Å².